The SMILES string of the molecule is O=S(=O)(c1ccccc1)c1ccc2c(c1)C(c1ccccc1)(c1ccc(N(c3ccccc3)c3ccccc3)cc1)c1cc(S(=O)(=O)c3ccccc3)ccc1-2. The maximum Gasteiger partial charge on any atom is 0.206 e. The summed E-state index contributed by atoms with van der Waals surface area (Å²) < 4.78 is 56.9. The Bertz CT molecular complexity index is 2750. The zero-order valence-electron chi connectivity index (χ0n) is 30.1. The maximum atomic E-state index is 14.2. The summed E-state index contributed by atoms with van der Waals surface area (Å²) in [6.07, 6.45) is 0. The second-order valence-electron chi connectivity index (χ2n) is 13.7. The third kappa shape index (κ3) is 5.75. The van der Waals surface area contributed by atoms with Gasteiger partial charge >= 0.3 is 0 Å². The largest absolute Gasteiger partial charge is 0.311 e. The predicted octanol–water partition coefficient (Wildman–Crippen LogP) is 11.2. The molecule has 0 aliphatic heterocycles. The number of benzene rings is 8. The van der Waals surface area contributed by atoms with E-state index in [0.29, 0.717) is 0 Å². The molecule has 0 N–H and O–H groups in total. The van der Waals surface area contributed by atoms with Crippen LogP contribution in [0.3, 0.4) is 0 Å². The van der Waals surface area contributed by atoms with Gasteiger partial charge in [-0.15, -0.1) is 0 Å². The van der Waals surface area contributed by atoms with Gasteiger partial charge in [0.25, 0.3) is 0 Å². The average Bonchev–Trinajstić information content (AvgIpc) is 3.55. The smallest absolute Gasteiger partial charge is 0.206 e. The Morgan fingerprint density at radius 1 is 0.321 bits per heavy atom. The Morgan fingerprint density at radius 3 is 1.07 bits per heavy atom. The maximum absolute atomic E-state index is 14.2. The van der Waals surface area contributed by atoms with Gasteiger partial charge in [0.2, 0.25) is 19.7 Å². The van der Waals surface area contributed by atoms with Crippen molar-refractivity contribution in [1.82, 2.24) is 0 Å². The number of hydrogen-bond acceptors (Lipinski definition) is 5. The molecule has 56 heavy (non-hydrogen) atoms. The first-order chi connectivity index (χ1) is 27.3. The van der Waals surface area contributed by atoms with E-state index in [4.69, 9.17) is 0 Å². The molecule has 0 amide bonds. The van der Waals surface area contributed by atoms with Crippen molar-refractivity contribution in [3.8, 4) is 11.1 Å². The predicted molar refractivity (Wildman–Crippen MR) is 222 cm³/mol. The minimum atomic E-state index is -3.91. The minimum Gasteiger partial charge on any atom is -0.311 e. The molecule has 272 valence electrons. The van der Waals surface area contributed by atoms with Crippen LogP contribution in [-0.4, -0.2) is 16.8 Å². The van der Waals surface area contributed by atoms with Crippen molar-refractivity contribution in [2.24, 2.45) is 0 Å². The average molecular weight is 766 g/mol. The van der Waals surface area contributed by atoms with E-state index >= 15 is 0 Å². The Hall–Kier alpha value is -6.54. The van der Waals surface area contributed by atoms with Gasteiger partial charge in [0.15, 0.2) is 0 Å². The number of sulfone groups is 2. The minimum absolute atomic E-state index is 0.156. The number of para-hydroxylation sites is 2. The normalized spacial score (nSPS) is 13.1. The molecule has 0 spiro atoms. The Morgan fingerprint density at radius 2 is 0.661 bits per heavy atom. The van der Waals surface area contributed by atoms with E-state index in [9.17, 15) is 16.8 Å². The molecule has 0 saturated carbocycles. The number of anilines is 3. The molecule has 0 atom stereocenters. The van der Waals surface area contributed by atoms with Crippen LogP contribution in [0.25, 0.3) is 11.1 Å². The van der Waals surface area contributed by atoms with E-state index in [1.807, 2.05) is 78.9 Å². The number of hydrogen-bond donors (Lipinski definition) is 0. The van der Waals surface area contributed by atoms with Gasteiger partial charge in [-0.05, 0) is 118 Å². The fourth-order valence-electron chi connectivity index (χ4n) is 8.03. The van der Waals surface area contributed by atoms with Crippen LogP contribution in [0, 0.1) is 0 Å². The van der Waals surface area contributed by atoms with Gasteiger partial charge in [-0.25, -0.2) is 16.8 Å². The molecule has 0 bridgehead atoms. The zero-order chi connectivity index (χ0) is 38.3. The highest BCUT2D eigenvalue weighted by Crippen LogP contribution is 2.57. The molecular formula is C49H35NO4S2. The number of nitrogens with zero attached hydrogens (tertiary/aromatic N) is 1. The summed E-state index contributed by atoms with van der Waals surface area (Å²) in [7, 11) is -7.82. The summed E-state index contributed by atoms with van der Waals surface area (Å²) in [6.45, 7) is 0. The van der Waals surface area contributed by atoms with Gasteiger partial charge in [0, 0.05) is 17.1 Å². The highest BCUT2D eigenvalue weighted by molar-refractivity contribution is 7.91. The Kier molecular flexibility index (Phi) is 8.76. The highest BCUT2D eigenvalue weighted by atomic mass is 32.2. The zero-order valence-corrected chi connectivity index (χ0v) is 31.7. The van der Waals surface area contributed by atoms with E-state index in [-0.39, 0.29) is 19.6 Å². The lowest BCUT2D eigenvalue weighted by Crippen LogP contribution is -2.29. The molecule has 0 fully saturated rings. The summed E-state index contributed by atoms with van der Waals surface area (Å²) in [5, 5.41) is 0. The van der Waals surface area contributed by atoms with Crippen LogP contribution >= 0.6 is 0 Å². The number of fused-ring (bicyclic) bond motifs is 3. The molecule has 0 aromatic heterocycles. The molecule has 5 nitrogen and oxygen atoms in total. The number of rotatable bonds is 9. The summed E-state index contributed by atoms with van der Waals surface area (Å²) in [5.74, 6) is 0. The topological polar surface area (TPSA) is 71.5 Å². The molecule has 7 heteroatoms. The van der Waals surface area contributed by atoms with Gasteiger partial charge < -0.3 is 4.90 Å². The van der Waals surface area contributed by atoms with E-state index in [1.54, 1.807) is 84.9 Å². The van der Waals surface area contributed by atoms with Crippen LogP contribution in [0.1, 0.15) is 22.3 Å². The molecule has 0 saturated heterocycles. The third-order valence-electron chi connectivity index (χ3n) is 10.6. The summed E-state index contributed by atoms with van der Waals surface area (Å²) in [4.78, 5) is 2.89. The van der Waals surface area contributed by atoms with E-state index in [0.717, 1.165) is 50.4 Å². The quantitative estimate of drug-likeness (QED) is 0.146. The second kappa shape index (κ2) is 13.9. The van der Waals surface area contributed by atoms with Crippen molar-refractivity contribution in [2.75, 3.05) is 4.90 Å². The lowest BCUT2D eigenvalue weighted by molar-refractivity contribution is 0.594. The lowest BCUT2D eigenvalue weighted by Gasteiger charge is -2.35. The van der Waals surface area contributed by atoms with Crippen molar-refractivity contribution < 1.29 is 16.8 Å². The molecule has 0 radical (unpaired) electrons. The Labute approximate surface area is 327 Å². The van der Waals surface area contributed by atoms with Crippen molar-refractivity contribution in [1.29, 1.82) is 0 Å². The fraction of sp³-hybridized carbons (Fsp3) is 0.0204. The molecule has 0 unspecified atom stereocenters. The molecule has 0 heterocycles. The van der Waals surface area contributed by atoms with Gasteiger partial charge in [-0.3, -0.25) is 0 Å². The van der Waals surface area contributed by atoms with Crippen molar-refractivity contribution in [2.45, 2.75) is 25.0 Å². The van der Waals surface area contributed by atoms with Gasteiger partial charge in [-0.2, -0.15) is 0 Å². The second-order valence-corrected chi connectivity index (χ2v) is 17.6. The monoisotopic (exact) mass is 765 g/mol. The van der Waals surface area contributed by atoms with Crippen molar-refractivity contribution in [3.05, 3.63) is 235 Å². The fourth-order valence-corrected chi connectivity index (χ4v) is 10.6. The van der Waals surface area contributed by atoms with Crippen molar-refractivity contribution >= 4 is 36.7 Å². The van der Waals surface area contributed by atoms with E-state index in [1.165, 1.54) is 0 Å². The molecule has 8 aromatic carbocycles. The highest BCUT2D eigenvalue weighted by Gasteiger charge is 2.47. The van der Waals surface area contributed by atoms with Crippen LogP contribution in [0.5, 0.6) is 0 Å². The van der Waals surface area contributed by atoms with Crippen molar-refractivity contribution in [3.63, 3.8) is 0 Å². The van der Waals surface area contributed by atoms with Crippen LogP contribution < -0.4 is 4.90 Å². The van der Waals surface area contributed by atoms with Crippen LogP contribution in [0.4, 0.5) is 17.1 Å². The molecule has 1 aliphatic carbocycles. The molecular weight excluding hydrogens is 731 g/mol. The lowest BCUT2D eigenvalue weighted by atomic mass is 9.67. The summed E-state index contributed by atoms with van der Waals surface area (Å²) in [6, 6.07) is 66.0. The van der Waals surface area contributed by atoms with Gasteiger partial charge in [-0.1, -0.05) is 127 Å². The van der Waals surface area contributed by atoms with Crippen LogP contribution in [0.15, 0.2) is 232 Å². The van der Waals surface area contributed by atoms with Gasteiger partial charge in [0.1, 0.15) is 0 Å². The molecule has 8 aromatic rings. The van der Waals surface area contributed by atoms with Gasteiger partial charge in [0.05, 0.1) is 25.0 Å². The standard InChI is InChI=1S/C49H35NO4S2/c51-55(52,41-22-12-4-13-23-41)43-30-32-45-46-33-31-44(56(53,54)42-24-14-5-15-25-42)35-48(46)49(47(45)34-43,36-16-6-1-7-17-36)37-26-28-40(29-27-37)50(38-18-8-2-9-19-38)39-20-10-3-11-21-39/h1-35H. The van der Waals surface area contributed by atoms with Crippen LogP contribution in [-0.2, 0) is 25.1 Å². The van der Waals surface area contributed by atoms with E-state index in [2.05, 4.69) is 53.4 Å². The summed E-state index contributed by atoms with van der Waals surface area (Å²) in [5.41, 5.74) is 6.71. The first kappa shape index (κ1) is 35.2. The Balaban J connectivity index is 1.32. The molecule has 1 aliphatic rings. The van der Waals surface area contributed by atoms with E-state index < -0.39 is 25.1 Å². The third-order valence-corrected chi connectivity index (χ3v) is 14.1. The first-order valence-electron chi connectivity index (χ1n) is 18.3. The first-order valence-corrected chi connectivity index (χ1v) is 21.2. The summed E-state index contributed by atoms with van der Waals surface area (Å²) >= 11 is 0. The van der Waals surface area contributed by atoms with Crippen LogP contribution in [0.2, 0.25) is 0 Å². The molecule has 9 rings (SSSR count).